The Morgan fingerprint density at radius 2 is 1.71 bits per heavy atom. The van der Waals surface area contributed by atoms with Crippen molar-refractivity contribution in [3.8, 4) is 17.4 Å². The van der Waals surface area contributed by atoms with Gasteiger partial charge >= 0.3 is 12.4 Å². The highest BCUT2D eigenvalue weighted by atomic mass is 19.4. The van der Waals surface area contributed by atoms with Crippen LogP contribution in [0.5, 0.6) is 0 Å². The average Bonchev–Trinajstić information content (AvgIpc) is 3.05. The number of aromatic nitrogens is 2. The van der Waals surface area contributed by atoms with Gasteiger partial charge in [0.05, 0.1) is 22.5 Å². The zero-order valence-electron chi connectivity index (χ0n) is 15.2. The molecule has 2 heterocycles. The SMILES string of the molecule is N#Cc1ccc(-c2cc(=O)c3ccc4c(nc(C(F)(F)F)n4CC(F)(F)F)c3o2)cc1. The molecule has 11 heteroatoms. The van der Waals surface area contributed by atoms with E-state index in [4.69, 9.17) is 9.68 Å². The molecule has 0 radical (unpaired) electrons. The number of nitrogens with zero attached hydrogens (tertiary/aromatic N) is 3. The molecule has 0 unspecified atom stereocenters. The summed E-state index contributed by atoms with van der Waals surface area (Å²) in [5.74, 6) is -1.79. The number of fused-ring (bicyclic) bond motifs is 3. The van der Waals surface area contributed by atoms with Crippen LogP contribution in [-0.2, 0) is 12.7 Å². The molecule has 0 bridgehead atoms. The van der Waals surface area contributed by atoms with Crippen molar-refractivity contribution in [1.29, 1.82) is 5.26 Å². The van der Waals surface area contributed by atoms with Crippen molar-refractivity contribution in [3.63, 3.8) is 0 Å². The maximum absolute atomic E-state index is 13.4. The Morgan fingerprint density at radius 3 is 2.29 bits per heavy atom. The zero-order valence-corrected chi connectivity index (χ0v) is 15.2. The number of nitriles is 1. The number of imidazole rings is 1. The molecule has 0 N–H and O–H groups in total. The van der Waals surface area contributed by atoms with E-state index in [1.54, 1.807) is 0 Å². The number of alkyl halides is 6. The van der Waals surface area contributed by atoms with Gasteiger partial charge < -0.3 is 8.98 Å². The fourth-order valence-electron chi connectivity index (χ4n) is 3.21. The van der Waals surface area contributed by atoms with E-state index in [1.165, 1.54) is 24.3 Å². The summed E-state index contributed by atoms with van der Waals surface area (Å²) in [5, 5.41) is 8.74. The lowest BCUT2D eigenvalue weighted by atomic mass is 10.1. The normalized spacial score (nSPS) is 12.4. The second-order valence-electron chi connectivity index (χ2n) is 6.61. The molecule has 0 saturated heterocycles. The Kier molecular flexibility index (Phi) is 4.53. The highest BCUT2D eigenvalue weighted by Gasteiger charge is 2.41. The van der Waals surface area contributed by atoms with Crippen molar-refractivity contribution < 1.29 is 30.8 Å². The molecule has 2 aromatic carbocycles. The standard InChI is InChI=1S/C20H9F6N3O2/c21-19(22,23)9-29-13-6-5-12-14(30)7-15(11-3-1-10(8-27)2-4-11)31-17(12)16(13)28-18(29)20(24,25)26/h1-7H,9H2. The summed E-state index contributed by atoms with van der Waals surface area (Å²) in [7, 11) is 0. The first-order valence-corrected chi connectivity index (χ1v) is 8.59. The molecule has 0 fully saturated rings. The maximum atomic E-state index is 13.4. The van der Waals surface area contributed by atoms with Crippen LogP contribution in [0, 0.1) is 11.3 Å². The quantitative estimate of drug-likeness (QED) is 0.401. The maximum Gasteiger partial charge on any atom is 0.449 e. The number of hydrogen-bond donors (Lipinski definition) is 0. The van der Waals surface area contributed by atoms with Crippen LogP contribution in [0.1, 0.15) is 11.4 Å². The first-order chi connectivity index (χ1) is 14.5. The molecule has 0 aliphatic carbocycles. The van der Waals surface area contributed by atoms with Crippen LogP contribution in [0.2, 0.25) is 0 Å². The van der Waals surface area contributed by atoms with Gasteiger partial charge in [-0.2, -0.15) is 31.6 Å². The second kappa shape index (κ2) is 6.87. The predicted octanol–water partition coefficient (Wildman–Crippen LogP) is 5.26. The lowest BCUT2D eigenvalue weighted by Crippen LogP contribution is -2.23. The van der Waals surface area contributed by atoms with Crippen LogP contribution in [0.15, 0.2) is 51.7 Å². The summed E-state index contributed by atoms with van der Waals surface area (Å²) in [5.41, 5.74) is -1.29. The van der Waals surface area contributed by atoms with Gasteiger partial charge in [-0.15, -0.1) is 0 Å². The van der Waals surface area contributed by atoms with Crippen LogP contribution >= 0.6 is 0 Å². The van der Waals surface area contributed by atoms with Crippen LogP contribution in [0.3, 0.4) is 0 Å². The lowest BCUT2D eigenvalue weighted by molar-refractivity contribution is -0.160. The number of benzene rings is 2. The number of rotatable bonds is 2. The van der Waals surface area contributed by atoms with Crippen LogP contribution < -0.4 is 5.43 Å². The minimum atomic E-state index is -5.17. The molecule has 2 aromatic heterocycles. The van der Waals surface area contributed by atoms with Gasteiger partial charge in [-0.1, -0.05) is 0 Å². The number of hydrogen-bond acceptors (Lipinski definition) is 4. The Morgan fingerprint density at radius 1 is 1.03 bits per heavy atom. The summed E-state index contributed by atoms with van der Waals surface area (Å²) in [4.78, 5) is 15.9. The second-order valence-corrected chi connectivity index (χ2v) is 6.61. The summed E-state index contributed by atoms with van der Waals surface area (Å²) in [6, 6.07) is 10.9. The molecule has 4 rings (SSSR count). The topological polar surface area (TPSA) is 71.8 Å². The van der Waals surface area contributed by atoms with Gasteiger partial charge in [0.15, 0.2) is 11.0 Å². The Hall–Kier alpha value is -3.81. The van der Waals surface area contributed by atoms with E-state index in [0.717, 1.165) is 18.2 Å². The van der Waals surface area contributed by atoms with Crippen LogP contribution in [0.4, 0.5) is 26.3 Å². The van der Waals surface area contributed by atoms with Gasteiger partial charge in [0.2, 0.25) is 5.82 Å². The first-order valence-electron chi connectivity index (χ1n) is 8.59. The minimum absolute atomic E-state index is 0.00313. The summed E-state index contributed by atoms with van der Waals surface area (Å²) in [6.45, 7) is -1.91. The first kappa shape index (κ1) is 20.5. The molecule has 158 valence electrons. The highest BCUT2D eigenvalue weighted by molar-refractivity contribution is 6.01. The molecular formula is C20H9F6N3O2. The van der Waals surface area contributed by atoms with E-state index in [0.29, 0.717) is 11.1 Å². The van der Waals surface area contributed by atoms with E-state index < -0.39 is 41.2 Å². The van der Waals surface area contributed by atoms with E-state index in [1.807, 2.05) is 6.07 Å². The molecule has 5 nitrogen and oxygen atoms in total. The van der Waals surface area contributed by atoms with Crippen molar-refractivity contribution >= 4 is 22.0 Å². The molecule has 0 saturated carbocycles. The van der Waals surface area contributed by atoms with Crippen molar-refractivity contribution in [1.82, 2.24) is 9.55 Å². The van der Waals surface area contributed by atoms with Crippen molar-refractivity contribution in [2.75, 3.05) is 0 Å². The third kappa shape index (κ3) is 3.72. The third-order valence-corrected chi connectivity index (χ3v) is 4.50. The monoisotopic (exact) mass is 437 g/mol. The molecule has 0 aliphatic heterocycles. The fraction of sp³-hybridized carbons (Fsp3) is 0.150. The van der Waals surface area contributed by atoms with Crippen molar-refractivity contribution in [2.24, 2.45) is 0 Å². The predicted molar refractivity (Wildman–Crippen MR) is 97.0 cm³/mol. The Bertz CT molecular complexity index is 1410. The molecule has 0 aliphatic rings. The average molecular weight is 437 g/mol. The van der Waals surface area contributed by atoms with Crippen LogP contribution in [-0.4, -0.2) is 15.7 Å². The Balaban J connectivity index is 2.03. The van der Waals surface area contributed by atoms with Crippen molar-refractivity contribution in [2.45, 2.75) is 18.9 Å². The van der Waals surface area contributed by atoms with Crippen molar-refractivity contribution in [3.05, 3.63) is 64.1 Å². The van der Waals surface area contributed by atoms with E-state index >= 15 is 0 Å². The molecule has 4 aromatic rings. The molecule has 0 amide bonds. The molecule has 31 heavy (non-hydrogen) atoms. The minimum Gasteiger partial charge on any atom is -0.453 e. The summed E-state index contributed by atoms with van der Waals surface area (Å²) < 4.78 is 84.6. The Labute approximate surface area is 168 Å². The molecule has 0 spiro atoms. The fourth-order valence-corrected chi connectivity index (χ4v) is 3.21. The number of halogens is 6. The van der Waals surface area contributed by atoms with Gasteiger partial charge in [0.1, 0.15) is 17.8 Å². The van der Waals surface area contributed by atoms with Gasteiger partial charge in [0, 0.05) is 11.6 Å². The summed E-state index contributed by atoms with van der Waals surface area (Å²) in [6.07, 6.45) is -10.1. The van der Waals surface area contributed by atoms with Gasteiger partial charge in [0.25, 0.3) is 0 Å². The van der Waals surface area contributed by atoms with Gasteiger partial charge in [-0.25, -0.2) is 4.98 Å². The largest absolute Gasteiger partial charge is 0.453 e. The lowest BCUT2D eigenvalue weighted by Gasteiger charge is -2.13. The summed E-state index contributed by atoms with van der Waals surface area (Å²) >= 11 is 0. The van der Waals surface area contributed by atoms with E-state index in [-0.39, 0.29) is 21.3 Å². The van der Waals surface area contributed by atoms with E-state index in [9.17, 15) is 31.1 Å². The third-order valence-electron chi connectivity index (χ3n) is 4.50. The smallest absolute Gasteiger partial charge is 0.449 e. The zero-order chi connectivity index (χ0) is 22.6. The van der Waals surface area contributed by atoms with Crippen LogP contribution in [0.25, 0.3) is 33.3 Å². The van der Waals surface area contributed by atoms with Gasteiger partial charge in [-0.05, 0) is 36.4 Å². The van der Waals surface area contributed by atoms with Gasteiger partial charge in [-0.3, -0.25) is 4.79 Å². The molecule has 0 atom stereocenters. The highest BCUT2D eigenvalue weighted by Crippen LogP contribution is 2.36. The van der Waals surface area contributed by atoms with E-state index in [2.05, 4.69) is 4.98 Å². The molecular weight excluding hydrogens is 428 g/mol.